The zero-order valence-electron chi connectivity index (χ0n) is 14.6. The zero-order valence-corrected chi connectivity index (χ0v) is 14.6. The first-order chi connectivity index (χ1) is 12.3. The quantitative estimate of drug-likeness (QED) is 0.685. The normalized spacial score (nSPS) is 10.6. The van der Waals surface area contributed by atoms with E-state index in [1.54, 1.807) is 14.2 Å². The highest BCUT2D eigenvalue weighted by molar-refractivity contribution is 5.40. The van der Waals surface area contributed by atoms with Crippen molar-refractivity contribution in [2.75, 3.05) is 14.2 Å². The molecule has 0 fully saturated rings. The molecule has 1 aromatic heterocycles. The second-order valence-corrected chi connectivity index (χ2v) is 5.81. The van der Waals surface area contributed by atoms with Gasteiger partial charge >= 0.3 is 0 Å². The molecular weight excluding hydrogens is 314 g/mol. The maximum atomic E-state index is 5.41. The van der Waals surface area contributed by atoms with Gasteiger partial charge in [-0.25, -0.2) is 0 Å². The van der Waals surface area contributed by atoms with Crippen LogP contribution in [-0.4, -0.2) is 24.0 Å². The van der Waals surface area contributed by atoms with Crippen molar-refractivity contribution in [1.29, 1.82) is 0 Å². The molecule has 130 valence electrons. The van der Waals surface area contributed by atoms with E-state index in [-0.39, 0.29) is 0 Å². The summed E-state index contributed by atoms with van der Waals surface area (Å²) < 4.78 is 12.6. The Morgan fingerprint density at radius 3 is 2.56 bits per heavy atom. The van der Waals surface area contributed by atoms with E-state index >= 15 is 0 Å². The number of nitrogens with one attached hydrogen (secondary N) is 1. The summed E-state index contributed by atoms with van der Waals surface area (Å²) >= 11 is 0. The van der Waals surface area contributed by atoms with Gasteiger partial charge in [0.05, 0.1) is 27.0 Å². The van der Waals surface area contributed by atoms with Crippen molar-refractivity contribution in [3.8, 4) is 11.5 Å². The molecule has 0 atom stereocenters. The average Bonchev–Trinajstić information content (AvgIpc) is 3.09. The molecule has 0 aliphatic rings. The Kier molecular flexibility index (Phi) is 5.69. The standard InChI is InChI=1S/C20H23N3O2/c1-24-19-8-9-20(25-2)18(10-19)13-21-11-17-12-22-23(15-17)14-16-6-4-3-5-7-16/h3-10,12,15,21H,11,13-14H2,1-2H3. The lowest BCUT2D eigenvalue weighted by Gasteiger charge is -2.11. The Labute approximate surface area is 148 Å². The van der Waals surface area contributed by atoms with E-state index in [1.165, 1.54) is 5.56 Å². The van der Waals surface area contributed by atoms with Crippen LogP contribution in [0.15, 0.2) is 60.9 Å². The van der Waals surface area contributed by atoms with Gasteiger partial charge in [-0.1, -0.05) is 30.3 Å². The first-order valence-corrected chi connectivity index (χ1v) is 8.25. The van der Waals surface area contributed by atoms with Crippen LogP contribution in [0.4, 0.5) is 0 Å². The molecular formula is C20H23N3O2. The third kappa shape index (κ3) is 4.61. The molecule has 0 radical (unpaired) electrons. The predicted octanol–water partition coefficient (Wildman–Crippen LogP) is 3.24. The van der Waals surface area contributed by atoms with Crippen LogP contribution in [0, 0.1) is 0 Å². The zero-order chi connectivity index (χ0) is 17.5. The lowest BCUT2D eigenvalue weighted by atomic mass is 10.2. The summed E-state index contributed by atoms with van der Waals surface area (Å²) in [6.45, 7) is 2.23. The van der Waals surface area contributed by atoms with Gasteiger partial charge in [0, 0.05) is 30.4 Å². The molecule has 5 nitrogen and oxygen atoms in total. The Balaban J connectivity index is 1.56. The molecule has 3 aromatic rings. The fraction of sp³-hybridized carbons (Fsp3) is 0.250. The number of ether oxygens (including phenoxy) is 2. The Morgan fingerprint density at radius 2 is 1.80 bits per heavy atom. The highest BCUT2D eigenvalue weighted by atomic mass is 16.5. The third-order valence-electron chi connectivity index (χ3n) is 4.01. The third-order valence-corrected chi connectivity index (χ3v) is 4.01. The van der Waals surface area contributed by atoms with Gasteiger partial charge in [0.1, 0.15) is 11.5 Å². The van der Waals surface area contributed by atoms with Gasteiger partial charge in [-0.05, 0) is 23.8 Å². The lowest BCUT2D eigenvalue weighted by Crippen LogP contribution is -2.13. The average molecular weight is 337 g/mol. The van der Waals surface area contributed by atoms with Crippen LogP contribution in [0.25, 0.3) is 0 Å². The monoisotopic (exact) mass is 337 g/mol. The van der Waals surface area contributed by atoms with Gasteiger partial charge in [-0.3, -0.25) is 4.68 Å². The van der Waals surface area contributed by atoms with E-state index in [1.807, 2.05) is 47.3 Å². The lowest BCUT2D eigenvalue weighted by molar-refractivity contribution is 0.397. The smallest absolute Gasteiger partial charge is 0.123 e. The SMILES string of the molecule is COc1ccc(OC)c(CNCc2cnn(Cc3ccccc3)c2)c1. The first-order valence-electron chi connectivity index (χ1n) is 8.25. The molecule has 0 bridgehead atoms. The minimum Gasteiger partial charge on any atom is -0.497 e. The number of aromatic nitrogens is 2. The minimum atomic E-state index is 0.699. The van der Waals surface area contributed by atoms with Crippen LogP contribution in [-0.2, 0) is 19.6 Å². The summed E-state index contributed by atoms with van der Waals surface area (Å²) in [6, 6.07) is 16.1. The number of nitrogens with zero attached hydrogens (tertiary/aromatic N) is 2. The fourth-order valence-electron chi connectivity index (χ4n) is 2.72. The topological polar surface area (TPSA) is 48.3 Å². The van der Waals surface area contributed by atoms with Crippen molar-refractivity contribution < 1.29 is 9.47 Å². The molecule has 5 heteroatoms. The largest absolute Gasteiger partial charge is 0.497 e. The van der Waals surface area contributed by atoms with Gasteiger partial charge in [0.2, 0.25) is 0 Å². The van der Waals surface area contributed by atoms with Gasteiger partial charge in [0.15, 0.2) is 0 Å². The van der Waals surface area contributed by atoms with Gasteiger partial charge < -0.3 is 14.8 Å². The molecule has 3 rings (SSSR count). The molecule has 0 saturated carbocycles. The van der Waals surface area contributed by atoms with Gasteiger partial charge in [-0.15, -0.1) is 0 Å². The van der Waals surface area contributed by atoms with E-state index in [2.05, 4.69) is 28.7 Å². The summed E-state index contributed by atoms with van der Waals surface area (Å²) in [5.41, 5.74) is 3.46. The van der Waals surface area contributed by atoms with Crippen LogP contribution >= 0.6 is 0 Å². The molecule has 0 saturated heterocycles. The Bertz CT molecular complexity index is 800. The second kappa shape index (κ2) is 8.35. The summed E-state index contributed by atoms with van der Waals surface area (Å²) in [6.07, 6.45) is 3.97. The van der Waals surface area contributed by atoms with Gasteiger partial charge in [-0.2, -0.15) is 5.10 Å². The summed E-state index contributed by atoms with van der Waals surface area (Å²) in [7, 11) is 3.35. The van der Waals surface area contributed by atoms with Crippen molar-refractivity contribution in [3.63, 3.8) is 0 Å². The second-order valence-electron chi connectivity index (χ2n) is 5.81. The molecule has 0 aliphatic heterocycles. The van der Waals surface area contributed by atoms with E-state index in [4.69, 9.17) is 9.47 Å². The maximum absolute atomic E-state index is 5.41. The highest BCUT2D eigenvalue weighted by Crippen LogP contribution is 2.23. The summed E-state index contributed by atoms with van der Waals surface area (Å²) in [5.74, 6) is 1.68. The maximum Gasteiger partial charge on any atom is 0.123 e. The number of hydrogen-bond acceptors (Lipinski definition) is 4. The molecule has 25 heavy (non-hydrogen) atoms. The van der Waals surface area contributed by atoms with E-state index < -0.39 is 0 Å². The van der Waals surface area contributed by atoms with E-state index in [0.717, 1.165) is 35.7 Å². The van der Waals surface area contributed by atoms with Crippen molar-refractivity contribution >= 4 is 0 Å². The highest BCUT2D eigenvalue weighted by Gasteiger charge is 2.05. The summed E-state index contributed by atoms with van der Waals surface area (Å²) in [4.78, 5) is 0. The Morgan fingerprint density at radius 1 is 0.960 bits per heavy atom. The van der Waals surface area contributed by atoms with Crippen LogP contribution in [0.3, 0.4) is 0 Å². The summed E-state index contributed by atoms with van der Waals surface area (Å²) in [5, 5.41) is 7.86. The molecule has 2 aromatic carbocycles. The Hall–Kier alpha value is -2.79. The van der Waals surface area contributed by atoms with Crippen LogP contribution in [0.2, 0.25) is 0 Å². The van der Waals surface area contributed by atoms with Crippen molar-refractivity contribution in [3.05, 3.63) is 77.6 Å². The predicted molar refractivity (Wildman–Crippen MR) is 97.9 cm³/mol. The fourth-order valence-corrected chi connectivity index (χ4v) is 2.72. The van der Waals surface area contributed by atoms with Crippen LogP contribution in [0.5, 0.6) is 11.5 Å². The minimum absolute atomic E-state index is 0.699. The molecule has 0 unspecified atom stereocenters. The van der Waals surface area contributed by atoms with E-state index in [0.29, 0.717) is 6.54 Å². The van der Waals surface area contributed by atoms with Crippen molar-refractivity contribution in [2.45, 2.75) is 19.6 Å². The van der Waals surface area contributed by atoms with E-state index in [9.17, 15) is 0 Å². The molecule has 1 heterocycles. The number of benzene rings is 2. The molecule has 0 aliphatic carbocycles. The van der Waals surface area contributed by atoms with Crippen molar-refractivity contribution in [1.82, 2.24) is 15.1 Å². The van der Waals surface area contributed by atoms with Crippen molar-refractivity contribution in [2.24, 2.45) is 0 Å². The number of methoxy groups -OCH3 is 2. The van der Waals surface area contributed by atoms with Gasteiger partial charge in [0.25, 0.3) is 0 Å². The molecule has 0 spiro atoms. The molecule has 0 amide bonds. The first kappa shape index (κ1) is 17.0. The van der Waals surface area contributed by atoms with Crippen LogP contribution < -0.4 is 14.8 Å². The number of rotatable bonds is 8. The number of hydrogen-bond donors (Lipinski definition) is 1. The van der Waals surface area contributed by atoms with Crippen LogP contribution in [0.1, 0.15) is 16.7 Å². The molecule has 1 N–H and O–H groups in total.